The van der Waals surface area contributed by atoms with Crippen LogP contribution in [-0.4, -0.2) is 13.1 Å². The van der Waals surface area contributed by atoms with Crippen LogP contribution < -0.4 is 9.47 Å². The van der Waals surface area contributed by atoms with Crippen molar-refractivity contribution < 1.29 is 14.3 Å². The number of hydrogen-bond acceptors (Lipinski definition) is 3. The number of rotatable bonds is 2. The molecule has 0 spiro atoms. The van der Waals surface area contributed by atoms with Crippen molar-refractivity contribution in [1.29, 1.82) is 0 Å². The predicted octanol–water partition coefficient (Wildman–Crippen LogP) is 3.81. The van der Waals surface area contributed by atoms with E-state index in [1.165, 1.54) is 0 Å². The number of carbonyl (C=O) groups excluding carboxylic acids is 1. The maximum atomic E-state index is 11.9. The van der Waals surface area contributed by atoms with Gasteiger partial charge >= 0.3 is 5.97 Å². The van der Waals surface area contributed by atoms with E-state index in [1.54, 1.807) is 31.4 Å². The molecule has 0 radical (unpaired) electrons. The van der Waals surface area contributed by atoms with Crippen LogP contribution in [0.1, 0.15) is 5.56 Å². The van der Waals surface area contributed by atoms with Gasteiger partial charge in [-0.1, -0.05) is 54.5 Å². The van der Waals surface area contributed by atoms with Gasteiger partial charge in [0.25, 0.3) is 0 Å². The maximum Gasteiger partial charge on any atom is 0.390 e. The van der Waals surface area contributed by atoms with Crippen LogP contribution >= 0.6 is 0 Å². The highest BCUT2D eigenvalue weighted by Crippen LogP contribution is 2.26. The molecule has 3 nitrogen and oxygen atoms in total. The van der Waals surface area contributed by atoms with Gasteiger partial charge in [0.1, 0.15) is 11.5 Å². The molecule has 0 atom stereocenters. The first-order chi connectivity index (χ1) is 11.3. The highest BCUT2D eigenvalue weighted by molar-refractivity contribution is 5.95. The molecule has 0 aromatic heterocycles. The molecule has 3 aromatic carbocycles. The van der Waals surface area contributed by atoms with Crippen molar-refractivity contribution in [3.05, 3.63) is 72.3 Å². The van der Waals surface area contributed by atoms with Gasteiger partial charge in [-0.25, -0.2) is 4.79 Å². The fourth-order valence-corrected chi connectivity index (χ4v) is 2.29. The number of para-hydroxylation sites is 1. The van der Waals surface area contributed by atoms with Gasteiger partial charge in [-0.2, -0.15) is 0 Å². The Morgan fingerprint density at radius 1 is 0.913 bits per heavy atom. The molecule has 0 fully saturated rings. The van der Waals surface area contributed by atoms with E-state index in [0.717, 1.165) is 10.8 Å². The van der Waals surface area contributed by atoms with Crippen molar-refractivity contribution in [1.82, 2.24) is 0 Å². The Hall–Kier alpha value is -3.25. The summed E-state index contributed by atoms with van der Waals surface area (Å²) in [6, 6.07) is 20.5. The smallest absolute Gasteiger partial charge is 0.390 e. The molecule has 0 saturated carbocycles. The largest absolute Gasteiger partial charge is 0.495 e. The molecular weight excluding hydrogens is 288 g/mol. The molecule has 0 aliphatic rings. The Labute approximate surface area is 134 Å². The zero-order valence-electron chi connectivity index (χ0n) is 12.6. The Morgan fingerprint density at radius 2 is 1.65 bits per heavy atom. The summed E-state index contributed by atoms with van der Waals surface area (Å²) in [5.41, 5.74) is 0.676. The van der Waals surface area contributed by atoms with Gasteiger partial charge in [0.05, 0.1) is 12.7 Å². The molecule has 3 heteroatoms. The normalized spacial score (nSPS) is 9.78. The third-order valence-electron chi connectivity index (χ3n) is 3.35. The predicted molar refractivity (Wildman–Crippen MR) is 89.5 cm³/mol. The number of methoxy groups -OCH3 is 1. The zero-order valence-corrected chi connectivity index (χ0v) is 12.6. The van der Waals surface area contributed by atoms with Crippen LogP contribution in [0.2, 0.25) is 0 Å². The van der Waals surface area contributed by atoms with Gasteiger partial charge in [-0.15, -0.1) is 0 Å². The summed E-state index contributed by atoms with van der Waals surface area (Å²) in [7, 11) is 1.58. The summed E-state index contributed by atoms with van der Waals surface area (Å²) in [6.45, 7) is 0. The second-order valence-corrected chi connectivity index (χ2v) is 4.82. The van der Waals surface area contributed by atoms with Crippen molar-refractivity contribution in [3.8, 4) is 23.3 Å². The van der Waals surface area contributed by atoms with Crippen LogP contribution in [0.5, 0.6) is 11.5 Å². The first-order valence-electron chi connectivity index (χ1n) is 7.12. The quantitative estimate of drug-likeness (QED) is 0.410. The number of esters is 1. The first kappa shape index (κ1) is 14.7. The molecule has 0 bridgehead atoms. The molecule has 0 saturated heterocycles. The molecule has 0 aliphatic heterocycles. The average molecular weight is 302 g/mol. The lowest BCUT2D eigenvalue weighted by molar-refractivity contribution is -0.128. The molecule has 0 N–H and O–H groups in total. The van der Waals surface area contributed by atoms with E-state index in [2.05, 4.69) is 11.8 Å². The minimum Gasteiger partial charge on any atom is -0.495 e. The number of benzene rings is 3. The molecule has 3 aromatic rings. The van der Waals surface area contributed by atoms with Gasteiger partial charge in [0, 0.05) is 11.3 Å². The SMILES string of the molecule is COc1ccc2ccccc2c1C#CC(=O)Oc1ccccc1. The summed E-state index contributed by atoms with van der Waals surface area (Å²) in [5.74, 6) is 5.89. The standard InChI is InChI=1S/C20H14O3/c1-22-19-13-11-15-7-5-6-10-17(15)18(19)12-14-20(21)23-16-8-3-2-4-9-16/h2-11,13H,1H3. The highest BCUT2D eigenvalue weighted by atomic mass is 16.5. The van der Waals surface area contributed by atoms with Crippen molar-refractivity contribution >= 4 is 16.7 Å². The number of carbonyl (C=O) groups is 1. The highest BCUT2D eigenvalue weighted by Gasteiger charge is 2.06. The monoisotopic (exact) mass is 302 g/mol. The topological polar surface area (TPSA) is 35.5 Å². The fraction of sp³-hybridized carbons (Fsp3) is 0.0500. The molecule has 0 amide bonds. The average Bonchev–Trinajstić information content (AvgIpc) is 2.60. The van der Waals surface area contributed by atoms with Crippen LogP contribution in [0.3, 0.4) is 0 Å². The van der Waals surface area contributed by atoms with E-state index in [4.69, 9.17) is 9.47 Å². The third-order valence-corrected chi connectivity index (χ3v) is 3.35. The van der Waals surface area contributed by atoms with Gasteiger partial charge in [-0.05, 0) is 23.6 Å². The number of ether oxygens (including phenoxy) is 2. The molecular formula is C20H14O3. The Balaban J connectivity index is 1.94. The summed E-state index contributed by atoms with van der Waals surface area (Å²) >= 11 is 0. The Morgan fingerprint density at radius 3 is 2.43 bits per heavy atom. The summed E-state index contributed by atoms with van der Waals surface area (Å²) in [4.78, 5) is 11.9. The van der Waals surface area contributed by atoms with E-state index >= 15 is 0 Å². The van der Waals surface area contributed by atoms with Gasteiger partial charge in [0.2, 0.25) is 0 Å². The molecule has 0 heterocycles. The van der Waals surface area contributed by atoms with Gasteiger partial charge in [-0.3, -0.25) is 0 Å². The second kappa shape index (κ2) is 6.67. The van der Waals surface area contributed by atoms with E-state index < -0.39 is 5.97 Å². The lowest BCUT2D eigenvalue weighted by Crippen LogP contribution is -2.04. The van der Waals surface area contributed by atoms with Crippen molar-refractivity contribution in [2.24, 2.45) is 0 Å². The molecule has 112 valence electrons. The van der Waals surface area contributed by atoms with Gasteiger partial charge < -0.3 is 9.47 Å². The Bertz CT molecular complexity index is 902. The van der Waals surface area contributed by atoms with Gasteiger partial charge in [0.15, 0.2) is 0 Å². The lowest BCUT2D eigenvalue weighted by atomic mass is 10.0. The van der Waals surface area contributed by atoms with Crippen molar-refractivity contribution in [3.63, 3.8) is 0 Å². The molecule has 0 unspecified atom stereocenters. The Kier molecular flexibility index (Phi) is 4.26. The lowest BCUT2D eigenvalue weighted by Gasteiger charge is -2.06. The van der Waals surface area contributed by atoms with E-state index in [0.29, 0.717) is 17.1 Å². The van der Waals surface area contributed by atoms with E-state index in [1.807, 2.05) is 42.5 Å². The summed E-state index contributed by atoms with van der Waals surface area (Å²) < 4.78 is 10.5. The molecule has 3 rings (SSSR count). The maximum absolute atomic E-state index is 11.9. The number of hydrogen-bond donors (Lipinski definition) is 0. The van der Waals surface area contributed by atoms with Crippen LogP contribution in [0.25, 0.3) is 10.8 Å². The zero-order chi connectivity index (χ0) is 16.1. The minimum absolute atomic E-state index is 0.469. The van der Waals surface area contributed by atoms with Crippen LogP contribution in [0.4, 0.5) is 0 Å². The molecule has 23 heavy (non-hydrogen) atoms. The van der Waals surface area contributed by atoms with E-state index in [-0.39, 0.29) is 0 Å². The van der Waals surface area contributed by atoms with Crippen LogP contribution in [0.15, 0.2) is 66.7 Å². The fourth-order valence-electron chi connectivity index (χ4n) is 2.29. The van der Waals surface area contributed by atoms with Crippen LogP contribution in [-0.2, 0) is 4.79 Å². The van der Waals surface area contributed by atoms with Crippen molar-refractivity contribution in [2.75, 3.05) is 7.11 Å². The number of fused-ring (bicyclic) bond motifs is 1. The van der Waals surface area contributed by atoms with Crippen LogP contribution in [0, 0.1) is 11.8 Å². The summed E-state index contributed by atoms with van der Waals surface area (Å²) in [6.07, 6.45) is 0. The molecule has 0 aliphatic carbocycles. The second-order valence-electron chi connectivity index (χ2n) is 4.82. The van der Waals surface area contributed by atoms with E-state index in [9.17, 15) is 4.79 Å². The first-order valence-corrected chi connectivity index (χ1v) is 7.12. The third kappa shape index (κ3) is 3.33. The minimum atomic E-state index is -0.605. The summed E-state index contributed by atoms with van der Waals surface area (Å²) in [5, 5.41) is 1.97. The van der Waals surface area contributed by atoms with Crippen molar-refractivity contribution in [2.45, 2.75) is 0 Å².